The van der Waals surface area contributed by atoms with Crippen molar-refractivity contribution in [3.63, 3.8) is 0 Å². The molecule has 0 fully saturated rings. The van der Waals surface area contributed by atoms with Crippen LogP contribution < -0.4 is 10.5 Å². The Morgan fingerprint density at radius 3 is 2.31 bits per heavy atom. The first-order chi connectivity index (χ1) is 12.2. The first-order valence-electron chi connectivity index (χ1n) is 6.89. The number of nitrogens with one attached hydrogen (secondary N) is 1. The van der Waals surface area contributed by atoms with Crippen molar-refractivity contribution in [2.75, 3.05) is 6.61 Å². The summed E-state index contributed by atoms with van der Waals surface area (Å²) in [5.74, 6) is -0.0915. The van der Waals surface area contributed by atoms with E-state index in [1.165, 1.54) is 23.9 Å². The second-order valence-corrected chi connectivity index (χ2v) is 7.33. The monoisotopic (exact) mass is 454 g/mol. The molecule has 0 heterocycles. The molecule has 0 radical (unpaired) electrons. The van der Waals surface area contributed by atoms with Crippen molar-refractivity contribution >= 4 is 69.3 Å². The predicted molar refractivity (Wildman–Crippen MR) is 109 cm³/mol. The highest BCUT2D eigenvalue weighted by Gasteiger charge is 2.04. The number of halogens is 4. The van der Waals surface area contributed by atoms with Crippen LogP contribution in [-0.2, 0) is 10.5 Å². The van der Waals surface area contributed by atoms with Crippen LogP contribution in [-0.4, -0.2) is 22.9 Å². The Kier molecular flexibility index (Phi) is 9.98. The Morgan fingerprint density at radius 2 is 1.77 bits per heavy atom. The number of carboxylic acid groups (broad SMARTS) is 1. The summed E-state index contributed by atoms with van der Waals surface area (Å²) in [5.41, 5.74) is 6.20. The average molecular weight is 456 g/mol. The third-order valence-electron chi connectivity index (χ3n) is 2.62. The van der Waals surface area contributed by atoms with E-state index in [2.05, 4.69) is 0 Å². The third-order valence-corrected chi connectivity index (χ3v) is 4.68. The maximum atomic E-state index is 10.2. The van der Waals surface area contributed by atoms with Gasteiger partial charge in [0, 0.05) is 10.8 Å². The van der Waals surface area contributed by atoms with Gasteiger partial charge in [-0.05, 0) is 35.9 Å². The van der Waals surface area contributed by atoms with Crippen LogP contribution >= 0.6 is 58.2 Å². The van der Waals surface area contributed by atoms with Gasteiger partial charge in [0.05, 0.1) is 15.1 Å². The van der Waals surface area contributed by atoms with E-state index in [0.29, 0.717) is 31.6 Å². The van der Waals surface area contributed by atoms with Gasteiger partial charge in [0.2, 0.25) is 0 Å². The summed E-state index contributed by atoms with van der Waals surface area (Å²) in [4.78, 5) is 10.2. The highest BCUT2D eigenvalue weighted by atomic mass is 35.5. The molecule has 2 aromatic carbocycles. The predicted octanol–water partition coefficient (Wildman–Crippen LogP) is 5.58. The number of nitrogens with two attached hydrogens (primary N) is 1. The van der Waals surface area contributed by atoms with Gasteiger partial charge in [0.1, 0.15) is 5.75 Å². The summed E-state index contributed by atoms with van der Waals surface area (Å²) < 4.78 is 4.86. The number of rotatable bonds is 5. The van der Waals surface area contributed by atoms with Crippen molar-refractivity contribution in [1.82, 2.24) is 0 Å². The minimum atomic E-state index is -1.05. The summed E-state index contributed by atoms with van der Waals surface area (Å²) >= 11 is 24.1. The highest BCUT2D eigenvalue weighted by molar-refractivity contribution is 8.13. The van der Waals surface area contributed by atoms with Gasteiger partial charge in [-0.3, -0.25) is 5.41 Å². The van der Waals surface area contributed by atoms with E-state index in [-0.39, 0.29) is 5.17 Å². The molecule has 0 atom stereocenters. The van der Waals surface area contributed by atoms with E-state index >= 15 is 0 Å². The van der Waals surface area contributed by atoms with Crippen molar-refractivity contribution in [3.05, 3.63) is 62.1 Å². The number of ether oxygens (including phenoxy) is 1. The number of carboxylic acids is 1. The zero-order valence-corrected chi connectivity index (χ0v) is 17.0. The minimum Gasteiger partial charge on any atom is -0.480 e. The number of thioether (sulfide) groups is 1. The Labute approximate surface area is 174 Å². The molecule has 0 saturated heterocycles. The Hall–Kier alpha value is -1.31. The fraction of sp³-hybridized carbons (Fsp3) is 0.125. The number of amidine groups is 1. The number of carbonyl (C=O) groups is 1. The summed E-state index contributed by atoms with van der Waals surface area (Å²) in [6.45, 7) is -0.415. The van der Waals surface area contributed by atoms with E-state index < -0.39 is 12.6 Å². The van der Waals surface area contributed by atoms with Gasteiger partial charge in [0.25, 0.3) is 0 Å². The first kappa shape index (κ1) is 22.7. The molecule has 2 rings (SSSR count). The molecule has 0 aliphatic carbocycles. The van der Waals surface area contributed by atoms with Gasteiger partial charge < -0.3 is 15.6 Å². The maximum absolute atomic E-state index is 10.2. The van der Waals surface area contributed by atoms with Crippen LogP contribution in [0.2, 0.25) is 20.1 Å². The highest BCUT2D eigenvalue weighted by Crippen LogP contribution is 2.27. The number of benzene rings is 2. The second-order valence-electron chi connectivity index (χ2n) is 4.66. The van der Waals surface area contributed by atoms with Crippen molar-refractivity contribution in [2.45, 2.75) is 5.75 Å². The molecule has 0 bridgehead atoms. The molecule has 0 unspecified atom stereocenters. The molecule has 2 aromatic rings. The molecule has 4 N–H and O–H groups in total. The molecular formula is C16H14Cl4N2O3S. The van der Waals surface area contributed by atoms with Gasteiger partial charge in [-0.2, -0.15) is 0 Å². The standard InChI is InChI=1S/C8H8Cl2N2S.C8H6Cl2O3/c9-6-2-1-5(3-7(6)10)4-13-8(11)12;9-5-1-2-7(6(10)3-5)13-4-8(11)12/h1-3H,4H2,(H3,11,12);1-3H,4H2,(H,11,12). The lowest BCUT2D eigenvalue weighted by Crippen LogP contribution is -2.09. The molecule has 0 spiro atoms. The molecule has 0 saturated carbocycles. The summed E-state index contributed by atoms with van der Waals surface area (Å²) in [5, 5.41) is 17.3. The van der Waals surface area contributed by atoms with Crippen molar-refractivity contribution in [2.24, 2.45) is 5.73 Å². The topological polar surface area (TPSA) is 96.4 Å². The second kappa shape index (κ2) is 11.4. The van der Waals surface area contributed by atoms with Crippen LogP contribution in [0.1, 0.15) is 5.56 Å². The van der Waals surface area contributed by atoms with Gasteiger partial charge in [-0.25, -0.2) is 4.79 Å². The largest absolute Gasteiger partial charge is 0.480 e. The molecule has 140 valence electrons. The smallest absolute Gasteiger partial charge is 0.341 e. The molecule has 0 aromatic heterocycles. The lowest BCUT2D eigenvalue weighted by Gasteiger charge is -2.04. The zero-order chi connectivity index (χ0) is 19.7. The number of aliphatic carboxylic acids is 1. The lowest BCUT2D eigenvalue weighted by atomic mass is 10.2. The van der Waals surface area contributed by atoms with E-state index in [1.807, 2.05) is 6.07 Å². The lowest BCUT2D eigenvalue weighted by molar-refractivity contribution is -0.139. The maximum Gasteiger partial charge on any atom is 0.341 e. The quantitative estimate of drug-likeness (QED) is 0.404. The van der Waals surface area contributed by atoms with E-state index in [1.54, 1.807) is 18.2 Å². The number of hydrogen-bond donors (Lipinski definition) is 3. The molecule has 26 heavy (non-hydrogen) atoms. The molecule has 0 aliphatic heterocycles. The van der Waals surface area contributed by atoms with E-state index in [0.717, 1.165) is 5.56 Å². The third kappa shape index (κ3) is 8.87. The minimum absolute atomic E-state index is 0.103. The van der Waals surface area contributed by atoms with Gasteiger partial charge in [0.15, 0.2) is 11.8 Å². The molecule has 5 nitrogen and oxygen atoms in total. The van der Waals surface area contributed by atoms with Gasteiger partial charge in [-0.15, -0.1) is 0 Å². The average Bonchev–Trinajstić information content (AvgIpc) is 2.55. The fourth-order valence-corrected chi connectivity index (χ4v) is 2.81. The molecule has 10 heteroatoms. The fourth-order valence-electron chi connectivity index (χ4n) is 1.52. The number of hydrogen-bond acceptors (Lipinski definition) is 4. The van der Waals surface area contributed by atoms with E-state index in [4.69, 9.17) is 67.4 Å². The van der Waals surface area contributed by atoms with Crippen LogP contribution in [0, 0.1) is 5.41 Å². The summed E-state index contributed by atoms with van der Waals surface area (Å²) in [7, 11) is 0. The van der Waals surface area contributed by atoms with Crippen LogP contribution in [0.15, 0.2) is 36.4 Å². The molecule has 0 aliphatic rings. The van der Waals surface area contributed by atoms with Crippen molar-refractivity contribution in [3.8, 4) is 5.75 Å². The van der Waals surface area contributed by atoms with E-state index in [9.17, 15) is 4.79 Å². The summed E-state index contributed by atoms with van der Waals surface area (Å²) in [6, 6.07) is 9.96. The SMILES string of the molecule is N=C(N)SCc1ccc(Cl)c(Cl)c1.O=C(O)COc1ccc(Cl)cc1Cl. The van der Waals surface area contributed by atoms with Crippen LogP contribution in [0.4, 0.5) is 0 Å². The van der Waals surface area contributed by atoms with Crippen molar-refractivity contribution in [1.29, 1.82) is 5.41 Å². The van der Waals surface area contributed by atoms with Crippen LogP contribution in [0.5, 0.6) is 5.75 Å². The Morgan fingerprint density at radius 1 is 1.08 bits per heavy atom. The van der Waals surface area contributed by atoms with Gasteiger partial charge >= 0.3 is 5.97 Å². The molecular weight excluding hydrogens is 442 g/mol. The molecule has 0 amide bonds. The van der Waals surface area contributed by atoms with Crippen LogP contribution in [0.25, 0.3) is 0 Å². The normalized spacial score (nSPS) is 9.85. The first-order valence-corrected chi connectivity index (χ1v) is 9.39. The zero-order valence-electron chi connectivity index (χ0n) is 13.1. The Balaban J connectivity index is 0.000000260. The summed E-state index contributed by atoms with van der Waals surface area (Å²) in [6.07, 6.45) is 0. The van der Waals surface area contributed by atoms with Crippen molar-refractivity contribution < 1.29 is 14.6 Å². The van der Waals surface area contributed by atoms with Crippen LogP contribution in [0.3, 0.4) is 0 Å². The van der Waals surface area contributed by atoms with Gasteiger partial charge in [-0.1, -0.05) is 64.2 Å². The Bertz CT molecular complexity index is 790.